The summed E-state index contributed by atoms with van der Waals surface area (Å²) in [5.74, 6) is 0.147. The van der Waals surface area contributed by atoms with Crippen LogP contribution in [0.5, 0.6) is 11.5 Å². The lowest BCUT2D eigenvalue weighted by Crippen LogP contribution is -2.31. The number of hydrogen-bond donors (Lipinski definition) is 1. The molecule has 1 unspecified atom stereocenters. The SMILES string of the molecule is CCOC(=O)C(F)[C@H](N)c1ccc2c(c1)OCCO2. The van der Waals surface area contributed by atoms with Gasteiger partial charge in [-0.05, 0) is 24.6 Å². The molecular formula is C13H16FNO4. The minimum Gasteiger partial charge on any atom is -0.486 e. The van der Waals surface area contributed by atoms with Gasteiger partial charge >= 0.3 is 5.97 Å². The highest BCUT2D eigenvalue weighted by Gasteiger charge is 2.28. The van der Waals surface area contributed by atoms with Gasteiger partial charge in [0.15, 0.2) is 11.5 Å². The number of alkyl halides is 1. The normalized spacial score (nSPS) is 16.6. The maximum atomic E-state index is 13.8. The van der Waals surface area contributed by atoms with Crippen LogP contribution >= 0.6 is 0 Å². The summed E-state index contributed by atoms with van der Waals surface area (Å²) in [5.41, 5.74) is 6.19. The standard InChI is InChI=1S/C13H16FNO4/c1-2-17-13(16)11(14)12(15)8-3-4-9-10(7-8)19-6-5-18-9/h3-4,7,11-12H,2,5-6,15H2,1H3/t11?,12-/m1/s1. The lowest BCUT2D eigenvalue weighted by Gasteiger charge is -2.21. The second-order valence-electron chi connectivity index (χ2n) is 4.08. The minimum absolute atomic E-state index is 0.118. The van der Waals surface area contributed by atoms with E-state index in [1.807, 2.05) is 0 Å². The van der Waals surface area contributed by atoms with Crippen molar-refractivity contribution in [3.05, 3.63) is 23.8 Å². The van der Waals surface area contributed by atoms with Crippen LogP contribution in [0.2, 0.25) is 0 Å². The molecule has 1 aromatic carbocycles. The van der Waals surface area contributed by atoms with Crippen LogP contribution in [-0.4, -0.2) is 32.0 Å². The van der Waals surface area contributed by atoms with Crippen LogP contribution < -0.4 is 15.2 Å². The largest absolute Gasteiger partial charge is 0.486 e. The lowest BCUT2D eigenvalue weighted by molar-refractivity contribution is -0.149. The number of esters is 1. The first-order valence-electron chi connectivity index (χ1n) is 6.09. The Morgan fingerprint density at radius 1 is 1.42 bits per heavy atom. The molecule has 2 rings (SSSR count). The molecule has 6 heteroatoms. The summed E-state index contributed by atoms with van der Waals surface area (Å²) in [6, 6.07) is 3.77. The highest BCUT2D eigenvalue weighted by atomic mass is 19.1. The van der Waals surface area contributed by atoms with Crippen molar-refractivity contribution in [1.82, 2.24) is 0 Å². The lowest BCUT2D eigenvalue weighted by atomic mass is 10.0. The van der Waals surface area contributed by atoms with Gasteiger partial charge < -0.3 is 19.9 Å². The molecule has 1 heterocycles. The van der Waals surface area contributed by atoms with E-state index in [0.29, 0.717) is 30.3 Å². The molecule has 0 amide bonds. The first kappa shape index (κ1) is 13.6. The van der Waals surface area contributed by atoms with E-state index in [2.05, 4.69) is 4.74 Å². The fourth-order valence-corrected chi connectivity index (χ4v) is 1.80. The Morgan fingerprint density at radius 3 is 2.79 bits per heavy atom. The van der Waals surface area contributed by atoms with E-state index in [0.717, 1.165) is 0 Å². The van der Waals surface area contributed by atoms with Crippen LogP contribution in [0.1, 0.15) is 18.5 Å². The molecule has 0 radical (unpaired) electrons. The molecule has 0 aromatic heterocycles. The van der Waals surface area contributed by atoms with Crippen LogP contribution in [0, 0.1) is 0 Å². The molecule has 1 aromatic rings. The summed E-state index contributed by atoms with van der Waals surface area (Å²) in [4.78, 5) is 11.3. The second kappa shape index (κ2) is 5.88. The highest BCUT2D eigenvalue weighted by Crippen LogP contribution is 2.33. The zero-order valence-electron chi connectivity index (χ0n) is 10.6. The Kier molecular flexibility index (Phi) is 4.21. The molecular weight excluding hydrogens is 253 g/mol. The van der Waals surface area contributed by atoms with Crippen molar-refractivity contribution in [2.24, 2.45) is 5.73 Å². The molecule has 0 spiro atoms. The Morgan fingerprint density at radius 2 is 2.11 bits per heavy atom. The predicted octanol–water partition coefficient (Wildman–Crippen LogP) is 1.36. The van der Waals surface area contributed by atoms with Gasteiger partial charge in [0.05, 0.1) is 12.6 Å². The summed E-state index contributed by atoms with van der Waals surface area (Å²) in [6.07, 6.45) is -1.90. The van der Waals surface area contributed by atoms with E-state index in [9.17, 15) is 9.18 Å². The Hall–Kier alpha value is -1.82. The molecule has 19 heavy (non-hydrogen) atoms. The summed E-state index contributed by atoms with van der Waals surface area (Å²) in [7, 11) is 0. The van der Waals surface area contributed by atoms with Crippen LogP contribution in [0.3, 0.4) is 0 Å². The third kappa shape index (κ3) is 2.96. The monoisotopic (exact) mass is 269 g/mol. The second-order valence-corrected chi connectivity index (χ2v) is 4.08. The van der Waals surface area contributed by atoms with Gasteiger partial charge in [0, 0.05) is 0 Å². The zero-order chi connectivity index (χ0) is 13.8. The Labute approximate surface area is 110 Å². The summed E-state index contributed by atoms with van der Waals surface area (Å²) in [5, 5.41) is 0. The van der Waals surface area contributed by atoms with E-state index in [-0.39, 0.29) is 6.61 Å². The molecule has 2 N–H and O–H groups in total. The maximum Gasteiger partial charge on any atom is 0.342 e. The minimum atomic E-state index is -1.90. The first-order valence-corrected chi connectivity index (χ1v) is 6.09. The predicted molar refractivity (Wildman–Crippen MR) is 65.9 cm³/mol. The van der Waals surface area contributed by atoms with E-state index >= 15 is 0 Å². The number of halogens is 1. The van der Waals surface area contributed by atoms with Crippen LogP contribution in [0.15, 0.2) is 18.2 Å². The smallest absolute Gasteiger partial charge is 0.342 e. The molecule has 0 aliphatic carbocycles. The van der Waals surface area contributed by atoms with Gasteiger partial charge in [0.2, 0.25) is 6.17 Å². The number of fused-ring (bicyclic) bond motifs is 1. The number of nitrogens with two attached hydrogens (primary N) is 1. The molecule has 0 saturated carbocycles. The number of carbonyl (C=O) groups excluding carboxylic acids is 1. The molecule has 0 saturated heterocycles. The number of benzene rings is 1. The average Bonchev–Trinajstić information content (AvgIpc) is 2.45. The van der Waals surface area contributed by atoms with Crippen molar-refractivity contribution in [2.75, 3.05) is 19.8 Å². The summed E-state index contributed by atoms with van der Waals surface area (Å²) < 4.78 is 29.2. The zero-order valence-corrected chi connectivity index (χ0v) is 10.6. The fourth-order valence-electron chi connectivity index (χ4n) is 1.80. The summed E-state index contributed by atoms with van der Waals surface area (Å²) >= 11 is 0. The molecule has 1 aliphatic rings. The van der Waals surface area contributed by atoms with Crippen molar-refractivity contribution in [2.45, 2.75) is 19.1 Å². The Bertz CT molecular complexity index is 466. The molecule has 1 aliphatic heterocycles. The van der Waals surface area contributed by atoms with Crippen molar-refractivity contribution in [1.29, 1.82) is 0 Å². The van der Waals surface area contributed by atoms with Gasteiger partial charge in [-0.1, -0.05) is 6.07 Å². The van der Waals surface area contributed by atoms with E-state index in [1.54, 1.807) is 25.1 Å². The number of rotatable bonds is 4. The van der Waals surface area contributed by atoms with E-state index in [1.165, 1.54) is 0 Å². The number of ether oxygens (including phenoxy) is 3. The van der Waals surface area contributed by atoms with Crippen LogP contribution in [0.25, 0.3) is 0 Å². The van der Waals surface area contributed by atoms with Gasteiger partial charge in [-0.25, -0.2) is 9.18 Å². The molecule has 5 nitrogen and oxygen atoms in total. The third-order valence-electron chi connectivity index (χ3n) is 2.78. The quantitative estimate of drug-likeness (QED) is 0.836. The first-order chi connectivity index (χ1) is 9.13. The van der Waals surface area contributed by atoms with Crippen molar-refractivity contribution in [3.63, 3.8) is 0 Å². The van der Waals surface area contributed by atoms with Gasteiger partial charge in [0.1, 0.15) is 13.2 Å². The van der Waals surface area contributed by atoms with Crippen molar-refractivity contribution < 1.29 is 23.4 Å². The van der Waals surface area contributed by atoms with E-state index < -0.39 is 18.2 Å². The topological polar surface area (TPSA) is 70.8 Å². The fraction of sp³-hybridized carbons (Fsp3) is 0.462. The van der Waals surface area contributed by atoms with Crippen LogP contribution in [0.4, 0.5) is 4.39 Å². The summed E-state index contributed by atoms with van der Waals surface area (Å²) in [6.45, 7) is 2.64. The number of carbonyl (C=O) groups is 1. The average molecular weight is 269 g/mol. The highest BCUT2D eigenvalue weighted by molar-refractivity contribution is 5.75. The third-order valence-corrected chi connectivity index (χ3v) is 2.78. The van der Waals surface area contributed by atoms with E-state index in [4.69, 9.17) is 15.2 Å². The van der Waals surface area contributed by atoms with Crippen molar-refractivity contribution >= 4 is 5.97 Å². The van der Waals surface area contributed by atoms with Gasteiger partial charge in [-0.15, -0.1) is 0 Å². The molecule has 0 bridgehead atoms. The van der Waals surface area contributed by atoms with Crippen molar-refractivity contribution in [3.8, 4) is 11.5 Å². The van der Waals surface area contributed by atoms with Gasteiger partial charge in [-0.2, -0.15) is 0 Å². The number of hydrogen-bond acceptors (Lipinski definition) is 5. The van der Waals surface area contributed by atoms with Gasteiger partial charge in [0.25, 0.3) is 0 Å². The Balaban J connectivity index is 2.14. The van der Waals surface area contributed by atoms with Gasteiger partial charge in [-0.3, -0.25) is 0 Å². The maximum absolute atomic E-state index is 13.8. The molecule has 0 fully saturated rings. The molecule has 2 atom stereocenters. The van der Waals surface area contributed by atoms with Crippen LogP contribution in [-0.2, 0) is 9.53 Å². The molecule has 104 valence electrons.